The zero-order valence-corrected chi connectivity index (χ0v) is 12.8. The molecule has 7 heteroatoms. The lowest BCUT2D eigenvalue weighted by Gasteiger charge is -2.17. The average Bonchev–Trinajstić information content (AvgIpc) is 2.50. The van der Waals surface area contributed by atoms with Crippen molar-refractivity contribution < 1.29 is 4.79 Å². The number of carbonyl (C=O) groups is 1. The molecule has 0 saturated heterocycles. The molecule has 1 amide bonds. The predicted octanol–water partition coefficient (Wildman–Crippen LogP) is 0.717. The fraction of sp³-hybridized carbons (Fsp3) is 0.133. The molecular formula is C15H16N4O2S. The standard InChI is InChI=1S/C15H16N4O2S/c1-18(15(16)22)17-13(20)12-8-5-9-19(14(12)21)10-11-6-3-2-4-7-11/h2-9H,10H2,1H3,(H2,16,22)(H,17,20). The van der Waals surface area contributed by atoms with E-state index in [0.29, 0.717) is 6.54 Å². The summed E-state index contributed by atoms with van der Waals surface area (Å²) in [5.74, 6) is -0.553. The molecule has 0 atom stereocenters. The van der Waals surface area contributed by atoms with Crippen LogP contribution in [0.4, 0.5) is 0 Å². The number of nitrogens with zero attached hydrogens (tertiary/aromatic N) is 2. The molecule has 22 heavy (non-hydrogen) atoms. The van der Waals surface area contributed by atoms with E-state index in [9.17, 15) is 9.59 Å². The number of benzene rings is 1. The molecule has 0 unspecified atom stereocenters. The van der Waals surface area contributed by atoms with Gasteiger partial charge in [0.25, 0.3) is 11.5 Å². The molecule has 0 saturated carbocycles. The molecule has 6 nitrogen and oxygen atoms in total. The first-order chi connectivity index (χ1) is 10.5. The number of hydrogen-bond donors (Lipinski definition) is 2. The second-order valence-corrected chi connectivity index (χ2v) is 5.10. The smallest absolute Gasteiger partial charge is 0.275 e. The topological polar surface area (TPSA) is 80.4 Å². The Morgan fingerprint density at radius 2 is 1.95 bits per heavy atom. The van der Waals surface area contributed by atoms with E-state index in [1.54, 1.807) is 12.3 Å². The highest BCUT2D eigenvalue weighted by molar-refractivity contribution is 7.80. The van der Waals surface area contributed by atoms with E-state index >= 15 is 0 Å². The van der Waals surface area contributed by atoms with Crippen LogP contribution in [0, 0.1) is 0 Å². The molecule has 0 radical (unpaired) electrons. The van der Waals surface area contributed by atoms with Crippen LogP contribution in [-0.4, -0.2) is 27.6 Å². The van der Waals surface area contributed by atoms with Crippen molar-refractivity contribution in [2.24, 2.45) is 5.73 Å². The molecule has 0 bridgehead atoms. The fourth-order valence-electron chi connectivity index (χ4n) is 1.88. The Labute approximate surface area is 133 Å². The van der Waals surface area contributed by atoms with Crippen molar-refractivity contribution in [3.05, 3.63) is 70.1 Å². The number of pyridine rings is 1. The molecule has 1 aromatic carbocycles. The zero-order valence-electron chi connectivity index (χ0n) is 12.0. The van der Waals surface area contributed by atoms with Crippen LogP contribution < -0.4 is 16.7 Å². The Morgan fingerprint density at radius 1 is 1.27 bits per heavy atom. The Bertz CT molecular complexity index is 743. The minimum absolute atomic E-state index is 0.00823. The first kappa shape index (κ1) is 15.7. The van der Waals surface area contributed by atoms with Gasteiger partial charge in [0.2, 0.25) is 0 Å². The molecule has 3 N–H and O–H groups in total. The SMILES string of the molecule is CN(NC(=O)c1cccn(Cc2ccccc2)c1=O)C(N)=S. The molecular weight excluding hydrogens is 300 g/mol. The summed E-state index contributed by atoms with van der Waals surface area (Å²) >= 11 is 4.74. The van der Waals surface area contributed by atoms with Crippen molar-refractivity contribution in [2.75, 3.05) is 7.05 Å². The van der Waals surface area contributed by atoms with Crippen molar-refractivity contribution in [1.82, 2.24) is 15.0 Å². The summed E-state index contributed by atoms with van der Waals surface area (Å²) < 4.78 is 1.48. The van der Waals surface area contributed by atoms with Crippen LogP contribution >= 0.6 is 12.2 Å². The molecule has 0 aliphatic carbocycles. The van der Waals surface area contributed by atoms with E-state index in [1.807, 2.05) is 30.3 Å². The molecule has 2 rings (SSSR count). The molecule has 0 fully saturated rings. The summed E-state index contributed by atoms with van der Waals surface area (Å²) in [7, 11) is 1.51. The quantitative estimate of drug-likeness (QED) is 0.644. The minimum atomic E-state index is -0.553. The van der Waals surface area contributed by atoms with Crippen molar-refractivity contribution in [2.45, 2.75) is 6.54 Å². The molecule has 114 valence electrons. The summed E-state index contributed by atoms with van der Waals surface area (Å²) in [4.78, 5) is 24.5. The van der Waals surface area contributed by atoms with E-state index in [2.05, 4.69) is 5.43 Å². The van der Waals surface area contributed by atoms with Gasteiger partial charge in [-0.1, -0.05) is 30.3 Å². The maximum Gasteiger partial charge on any atom is 0.275 e. The number of nitrogens with two attached hydrogens (primary N) is 1. The van der Waals surface area contributed by atoms with Gasteiger partial charge in [-0.05, 0) is 29.9 Å². The van der Waals surface area contributed by atoms with Gasteiger partial charge in [-0.25, -0.2) is 0 Å². The Kier molecular flexibility index (Phi) is 4.90. The molecule has 0 aliphatic rings. The van der Waals surface area contributed by atoms with Crippen LogP contribution in [0.2, 0.25) is 0 Å². The summed E-state index contributed by atoms with van der Waals surface area (Å²) in [6.07, 6.45) is 1.64. The van der Waals surface area contributed by atoms with Gasteiger partial charge < -0.3 is 10.3 Å². The zero-order chi connectivity index (χ0) is 16.1. The van der Waals surface area contributed by atoms with Gasteiger partial charge in [-0.2, -0.15) is 0 Å². The van der Waals surface area contributed by atoms with Gasteiger partial charge in [0.15, 0.2) is 5.11 Å². The summed E-state index contributed by atoms with van der Waals surface area (Å²) in [6.45, 7) is 0.395. The van der Waals surface area contributed by atoms with Crippen molar-refractivity contribution in [3.8, 4) is 0 Å². The number of hydrazine groups is 1. The largest absolute Gasteiger partial charge is 0.375 e. The van der Waals surface area contributed by atoms with Gasteiger partial charge in [0.1, 0.15) is 5.56 Å². The number of thiocarbonyl (C=S) groups is 1. The van der Waals surface area contributed by atoms with E-state index in [-0.39, 0.29) is 16.2 Å². The van der Waals surface area contributed by atoms with Gasteiger partial charge >= 0.3 is 0 Å². The highest BCUT2D eigenvalue weighted by atomic mass is 32.1. The summed E-state index contributed by atoms with van der Waals surface area (Å²) in [5, 5.41) is 1.19. The Balaban J connectivity index is 2.24. The van der Waals surface area contributed by atoms with Crippen LogP contribution in [0.3, 0.4) is 0 Å². The van der Waals surface area contributed by atoms with Gasteiger partial charge in [0, 0.05) is 13.2 Å². The monoisotopic (exact) mass is 316 g/mol. The van der Waals surface area contributed by atoms with E-state index < -0.39 is 5.91 Å². The number of amides is 1. The lowest BCUT2D eigenvalue weighted by molar-refractivity contribution is 0.0885. The predicted molar refractivity (Wildman–Crippen MR) is 88.3 cm³/mol. The first-order valence-electron chi connectivity index (χ1n) is 6.56. The van der Waals surface area contributed by atoms with Crippen LogP contribution in [0.5, 0.6) is 0 Å². The number of rotatable bonds is 3. The summed E-state index contributed by atoms with van der Waals surface area (Å²) in [5.41, 5.74) is 8.46. The number of carbonyl (C=O) groups excluding carboxylic acids is 1. The first-order valence-corrected chi connectivity index (χ1v) is 6.97. The molecule has 1 aromatic heterocycles. The van der Waals surface area contributed by atoms with Crippen LogP contribution in [-0.2, 0) is 6.54 Å². The Hall–Kier alpha value is -2.67. The van der Waals surface area contributed by atoms with Gasteiger partial charge in [0.05, 0.1) is 6.54 Å². The molecule has 1 heterocycles. The summed E-state index contributed by atoms with van der Waals surface area (Å²) in [6, 6.07) is 12.6. The molecule has 0 spiro atoms. The fourth-order valence-corrected chi connectivity index (χ4v) is 1.93. The number of nitrogens with one attached hydrogen (secondary N) is 1. The second kappa shape index (κ2) is 6.86. The van der Waals surface area contributed by atoms with Crippen molar-refractivity contribution in [1.29, 1.82) is 0 Å². The third-order valence-electron chi connectivity index (χ3n) is 3.06. The average molecular weight is 316 g/mol. The van der Waals surface area contributed by atoms with Gasteiger partial charge in [-0.15, -0.1) is 0 Å². The van der Waals surface area contributed by atoms with E-state index in [4.69, 9.17) is 18.0 Å². The van der Waals surface area contributed by atoms with Crippen molar-refractivity contribution in [3.63, 3.8) is 0 Å². The number of hydrogen-bond acceptors (Lipinski definition) is 3. The second-order valence-electron chi connectivity index (χ2n) is 4.68. The third kappa shape index (κ3) is 3.70. The Morgan fingerprint density at radius 3 is 2.59 bits per heavy atom. The maximum absolute atomic E-state index is 12.4. The van der Waals surface area contributed by atoms with Gasteiger partial charge in [-0.3, -0.25) is 20.0 Å². The van der Waals surface area contributed by atoms with Crippen molar-refractivity contribution >= 4 is 23.2 Å². The lowest BCUT2D eigenvalue weighted by atomic mass is 10.2. The molecule has 2 aromatic rings. The third-order valence-corrected chi connectivity index (χ3v) is 3.33. The van der Waals surface area contributed by atoms with E-state index in [1.165, 1.54) is 22.7 Å². The van der Waals surface area contributed by atoms with Crippen LogP contribution in [0.15, 0.2) is 53.5 Å². The minimum Gasteiger partial charge on any atom is -0.375 e. The van der Waals surface area contributed by atoms with E-state index in [0.717, 1.165) is 5.56 Å². The van der Waals surface area contributed by atoms with Crippen LogP contribution in [0.25, 0.3) is 0 Å². The maximum atomic E-state index is 12.4. The molecule has 0 aliphatic heterocycles. The highest BCUT2D eigenvalue weighted by Crippen LogP contribution is 2.01. The lowest BCUT2D eigenvalue weighted by Crippen LogP contribution is -2.47. The number of aromatic nitrogens is 1. The normalized spacial score (nSPS) is 10.0. The highest BCUT2D eigenvalue weighted by Gasteiger charge is 2.14. The van der Waals surface area contributed by atoms with Crippen LogP contribution in [0.1, 0.15) is 15.9 Å².